The molecule has 13 nitrogen and oxygen atoms in total. The Hall–Kier alpha value is -3.23. The van der Waals surface area contributed by atoms with Gasteiger partial charge in [0.25, 0.3) is 0 Å². The summed E-state index contributed by atoms with van der Waals surface area (Å²) in [6.45, 7) is 11.0. The van der Waals surface area contributed by atoms with Gasteiger partial charge in [-0.3, -0.25) is 4.79 Å². The monoisotopic (exact) mass is 715 g/mol. The van der Waals surface area contributed by atoms with Gasteiger partial charge in [0.05, 0.1) is 35.9 Å². The summed E-state index contributed by atoms with van der Waals surface area (Å²) >= 11 is 0. The molecule has 0 bridgehead atoms. The lowest BCUT2D eigenvalue weighted by Gasteiger charge is -2.68. The fraction of sp³-hybridized carbons (Fsp3) is 0.711. The maximum absolute atomic E-state index is 13.5. The maximum Gasteiger partial charge on any atom is 0.376 e. The van der Waals surface area contributed by atoms with Crippen LogP contribution in [0.1, 0.15) is 89.3 Å². The summed E-state index contributed by atoms with van der Waals surface area (Å²) in [6, 6.07) is 3.44. The average Bonchev–Trinajstić information content (AvgIpc) is 3.61. The van der Waals surface area contributed by atoms with Crippen molar-refractivity contribution in [2.24, 2.45) is 34.0 Å². The van der Waals surface area contributed by atoms with Crippen molar-refractivity contribution in [3.63, 3.8) is 0 Å². The Morgan fingerprint density at radius 3 is 2.43 bits per heavy atom. The van der Waals surface area contributed by atoms with Crippen LogP contribution in [-0.4, -0.2) is 95.5 Å². The Balaban J connectivity index is 1.42. The second kappa shape index (κ2) is 14.0. The lowest BCUT2D eigenvalue weighted by atomic mass is 9.38. The number of cyclic esters (lactones) is 1. The van der Waals surface area contributed by atoms with Crippen molar-refractivity contribution < 1.29 is 58.1 Å². The molecule has 12 atom stereocenters. The van der Waals surface area contributed by atoms with E-state index in [1.165, 1.54) is 6.92 Å². The van der Waals surface area contributed by atoms with Gasteiger partial charge in [-0.2, -0.15) is 0 Å². The number of nitrogens with one attached hydrogen (secondary N) is 1. The predicted molar refractivity (Wildman–Crippen MR) is 181 cm³/mol. The molecule has 13 heteroatoms. The van der Waals surface area contributed by atoms with E-state index in [4.69, 9.17) is 28.4 Å². The zero-order valence-corrected chi connectivity index (χ0v) is 30.6. The molecule has 0 amide bonds. The highest BCUT2D eigenvalue weighted by molar-refractivity contribution is 5.89. The van der Waals surface area contributed by atoms with Gasteiger partial charge in [0.2, 0.25) is 12.0 Å². The number of allylic oxidation sites excluding steroid dienone is 2. The second-order valence-corrected chi connectivity index (χ2v) is 15.8. The minimum atomic E-state index is -1.59. The standard InChI is InChI=1S/C38H53NO12/c1-19-8-12-25-36(5,31(19)30-32(42)35(45)51-34(30)44)15-14-26-37(25,6)27(41)16-28(50-22(4)40)38(26,18-48-33(43)23-10-9-20(2)39-23)17-47-29-13-11-24(46-7)21(3)49-29/h8-10,21,24-29,31,34,39,41-42,44H,11-18H2,1-7H3/t21-,24+,25+,26-,27-,28+,29+,31-,34-,36+,37-,38-/m0/s1. The molecule has 2 saturated carbocycles. The number of carbonyl (C=O) groups excluding carboxylic acids is 3. The number of methoxy groups -OCH3 is 1. The number of aromatic amines is 1. The van der Waals surface area contributed by atoms with Crippen molar-refractivity contribution in [1.29, 1.82) is 0 Å². The van der Waals surface area contributed by atoms with Crippen LogP contribution in [0.25, 0.3) is 0 Å². The largest absolute Gasteiger partial charge is 0.502 e. The number of aryl methyl sites for hydroxylation is 1. The van der Waals surface area contributed by atoms with Gasteiger partial charge in [0.1, 0.15) is 18.4 Å². The molecule has 0 spiro atoms. The zero-order chi connectivity index (χ0) is 37.0. The first-order valence-corrected chi connectivity index (χ1v) is 18.0. The van der Waals surface area contributed by atoms with Crippen molar-refractivity contribution in [3.05, 3.63) is 46.5 Å². The number of H-pyrrole nitrogens is 1. The van der Waals surface area contributed by atoms with E-state index < -0.39 is 76.5 Å². The van der Waals surface area contributed by atoms with Crippen LogP contribution in [0, 0.1) is 40.9 Å². The zero-order valence-electron chi connectivity index (χ0n) is 30.6. The number of rotatable bonds is 9. The van der Waals surface area contributed by atoms with Crippen LogP contribution < -0.4 is 0 Å². The number of aliphatic hydroxyl groups excluding tert-OH is 3. The van der Waals surface area contributed by atoms with E-state index in [0.29, 0.717) is 25.7 Å². The van der Waals surface area contributed by atoms with Gasteiger partial charge in [-0.1, -0.05) is 25.5 Å². The molecule has 3 aliphatic carbocycles. The van der Waals surface area contributed by atoms with Crippen molar-refractivity contribution in [2.75, 3.05) is 20.3 Å². The Bertz CT molecular complexity index is 1580. The molecule has 1 aromatic heterocycles. The molecule has 3 fully saturated rings. The van der Waals surface area contributed by atoms with Crippen LogP contribution in [0.15, 0.2) is 35.1 Å². The minimum Gasteiger partial charge on any atom is -0.502 e. The molecule has 3 heterocycles. The van der Waals surface area contributed by atoms with Gasteiger partial charge in [0, 0.05) is 43.9 Å². The number of aliphatic hydroxyl groups is 3. The SMILES string of the molecule is CO[C@@H]1CC[C@H](OC[C@]2(COC(=O)c3ccc(C)[nH]3)[C@H]3CC[C@@]4(C)[C@H](C5=C(O)C(=O)O[C@@H]5O)C(C)=CC[C@H]4[C@]3(C)[C@@H](O)C[C@H]2OC(C)=O)O[C@H]1C. The molecular weight excluding hydrogens is 662 g/mol. The minimum absolute atomic E-state index is 0.0126. The topological polar surface area (TPSA) is 183 Å². The fourth-order valence-corrected chi connectivity index (χ4v) is 10.6. The highest BCUT2D eigenvalue weighted by Gasteiger charge is 2.70. The maximum atomic E-state index is 13.5. The van der Waals surface area contributed by atoms with E-state index in [0.717, 1.165) is 17.7 Å². The van der Waals surface area contributed by atoms with Crippen LogP contribution in [0.2, 0.25) is 0 Å². The average molecular weight is 716 g/mol. The van der Waals surface area contributed by atoms with Crippen molar-refractivity contribution >= 4 is 17.9 Å². The molecule has 51 heavy (non-hydrogen) atoms. The van der Waals surface area contributed by atoms with Gasteiger partial charge in [-0.25, -0.2) is 9.59 Å². The summed E-state index contributed by atoms with van der Waals surface area (Å²) in [5.74, 6) is -3.84. The number of esters is 3. The van der Waals surface area contributed by atoms with E-state index in [1.807, 2.05) is 33.8 Å². The number of carbonyl (C=O) groups is 3. The number of aromatic nitrogens is 1. The second-order valence-electron chi connectivity index (χ2n) is 15.8. The molecule has 0 aromatic carbocycles. The van der Waals surface area contributed by atoms with Crippen LogP contribution in [-0.2, 0) is 38.0 Å². The van der Waals surface area contributed by atoms with Gasteiger partial charge < -0.3 is 48.7 Å². The van der Waals surface area contributed by atoms with Crippen LogP contribution >= 0.6 is 0 Å². The van der Waals surface area contributed by atoms with Gasteiger partial charge in [-0.05, 0) is 75.8 Å². The third-order valence-electron chi connectivity index (χ3n) is 13.1. The summed E-state index contributed by atoms with van der Waals surface area (Å²) in [5.41, 5.74) is -0.513. The van der Waals surface area contributed by atoms with Crippen LogP contribution in [0.3, 0.4) is 0 Å². The van der Waals surface area contributed by atoms with E-state index in [-0.39, 0.29) is 49.0 Å². The molecule has 0 radical (unpaired) electrons. The van der Waals surface area contributed by atoms with Crippen molar-refractivity contribution in [2.45, 2.75) is 117 Å². The molecule has 1 aromatic rings. The molecular formula is C38H53NO12. The molecule has 0 unspecified atom stereocenters. The number of fused-ring (bicyclic) bond motifs is 3. The Labute approximate surface area is 298 Å². The summed E-state index contributed by atoms with van der Waals surface area (Å²) < 4.78 is 35.6. The first-order chi connectivity index (χ1) is 24.1. The first kappa shape index (κ1) is 37.5. The predicted octanol–water partition coefficient (Wildman–Crippen LogP) is 4.41. The fourth-order valence-electron chi connectivity index (χ4n) is 10.6. The number of ether oxygens (including phenoxy) is 6. The van der Waals surface area contributed by atoms with Gasteiger partial charge >= 0.3 is 17.9 Å². The van der Waals surface area contributed by atoms with Crippen LogP contribution in [0.4, 0.5) is 0 Å². The van der Waals surface area contributed by atoms with Gasteiger partial charge in [0.15, 0.2) is 6.29 Å². The highest BCUT2D eigenvalue weighted by Crippen LogP contribution is 2.70. The Kier molecular flexibility index (Phi) is 10.3. The summed E-state index contributed by atoms with van der Waals surface area (Å²) in [5, 5.41) is 34.0. The molecule has 282 valence electrons. The van der Waals surface area contributed by atoms with Crippen LogP contribution in [0.5, 0.6) is 0 Å². The lowest BCUT2D eigenvalue weighted by Crippen LogP contribution is -2.69. The molecule has 6 rings (SSSR count). The number of hydrogen-bond donors (Lipinski definition) is 4. The van der Waals surface area contributed by atoms with Gasteiger partial charge in [-0.15, -0.1) is 0 Å². The molecule has 5 aliphatic rings. The Morgan fingerprint density at radius 2 is 1.82 bits per heavy atom. The van der Waals surface area contributed by atoms with E-state index >= 15 is 0 Å². The smallest absolute Gasteiger partial charge is 0.376 e. The van der Waals surface area contributed by atoms with E-state index in [1.54, 1.807) is 19.2 Å². The number of hydrogen-bond acceptors (Lipinski definition) is 12. The van der Waals surface area contributed by atoms with E-state index in [2.05, 4.69) is 11.9 Å². The van der Waals surface area contributed by atoms with E-state index in [9.17, 15) is 29.7 Å². The molecule has 2 aliphatic heterocycles. The van der Waals surface area contributed by atoms with Crippen molar-refractivity contribution in [3.8, 4) is 0 Å². The summed E-state index contributed by atoms with van der Waals surface area (Å²) in [6.07, 6.45) is 0.680. The Morgan fingerprint density at radius 1 is 1.08 bits per heavy atom. The third-order valence-corrected chi connectivity index (χ3v) is 13.1. The lowest BCUT2D eigenvalue weighted by molar-refractivity contribution is -0.285. The third kappa shape index (κ3) is 6.32. The molecule has 1 saturated heterocycles. The normalized spacial score (nSPS) is 40.9. The quantitative estimate of drug-likeness (QED) is 0.161. The van der Waals surface area contributed by atoms with Crippen molar-refractivity contribution in [1.82, 2.24) is 4.98 Å². The highest BCUT2D eigenvalue weighted by atomic mass is 16.7. The molecule has 4 N–H and O–H groups in total. The summed E-state index contributed by atoms with van der Waals surface area (Å²) in [4.78, 5) is 41.6. The first-order valence-electron chi connectivity index (χ1n) is 18.0. The summed E-state index contributed by atoms with van der Waals surface area (Å²) in [7, 11) is 1.65.